The van der Waals surface area contributed by atoms with Crippen LogP contribution in [0.15, 0.2) is 40.9 Å². The third-order valence-corrected chi connectivity index (χ3v) is 3.21. The summed E-state index contributed by atoms with van der Waals surface area (Å²) in [4.78, 5) is 10.3. The number of hydrogen-bond acceptors (Lipinski definition) is 4. The van der Waals surface area contributed by atoms with Crippen molar-refractivity contribution in [2.24, 2.45) is 5.73 Å². The molecule has 0 saturated heterocycles. The van der Waals surface area contributed by atoms with Gasteiger partial charge in [0.05, 0.1) is 11.0 Å². The SMILES string of the molecule is CC(N)c1cc(F)ccc1Oc1cc(Br)cc([N+](=O)[O-])c1. The Labute approximate surface area is 128 Å². The lowest BCUT2D eigenvalue weighted by Crippen LogP contribution is -2.07. The van der Waals surface area contributed by atoms with Crippen LogP contribution in [-0.2, 0) is 0 Å². The minimum atomic E-state index is -0.519. The molecule has 0 aromatic heterocycles. The van der Waals surface area contributed by atoms with E-state index in [1.807, 2.05) is 0 Å². The summed E-state index contributed by atoms with van der Waals surface area (Å²) < 4.78 is 19.4. The molecule has 0 aliphatic heterocycles. The van der Waals surface area contributed by atoms with Crippen molar-refractivity contribution in [3.05, 3.63) is 62.4 Å². The van der Waals surface area contributed by atoms with Crippen molar-refractivity contribution in [3.8, 4) is 11.5 Å². The first-order valence-corrected chi connectivity index (χ1v) is 6.84. The highest BCUT2D eigenvalue weighted by Crippen LogP contribution is 2.33. The second-order valence-electron chi connectivity index (χ2n) is 4.48. The number of rotatable bonds is 4. The van der Waals surface area contributed by atoms with Gasteiger partial charge in [0.25, 0.3) is 5.69 Å². The van der Waals surface area contributed by atoms with Gasteiger partial charge in [-0.2, -0.15) is 0 Å². The first kappa shape index (κ1) is 15.4. The van der Waals surface area contributed by atoms with E-state index in [0.29, 0.717) is 15.8 Å². The smallest absolute Gasteiger partial charge is 0.274 e. The van der Waals surface area contributed by atoms with Crippen molar-refractivity contribution >= 4 is 21.6 Å². The van der Waals surface area contributed by atoms with E-state index in [0.717, 1.165) is 0 Å². The van der Waals surface area contributed by atoms with Gasteiger partial charge in [-0.1, -0.05) is 15.9 Å². The van der Waals surface area contributed by atoms with E-state index >= 15 is 0 Å². The molecule has 0 spiro atoms. The first-order valence-electron chi connectivity index (χ1n) is 6.04. The van der Waals surface area contributed by atoms with Crippen LogP contribution in [-0.4, -0.2) is 4.92 Å². The summed E-state index contributed by atoms with van der Waals surface area (Å²) in [5, 5.41) is 10.8. The molecule has 1 atom stereocenters. The Balaban J connectivity index is 2.40. The molecule has 5 nitrogen and oxygen atoms in total. The van der Waals surface area contributed by atoms with E-state index < -0.39 is 16.8 Å². The third kappa shape index (κ3) is 3.77. The molecular weight excluding hydrogens is 343 g/mol. The summed E-state index contributed by atoms with van der Waals surface area (Å²) in [5.41, 5.74) is 6.16. The van der Waals surface area contributed by atoms with Crippen LogP contribution < -0.4 is 10.5 Å². The van der Waals surface area contributed by atoms with E-state index in [1.54, 1.807) is 13.0 Å². The Kier molecular flexibility index (Phi) is 4.54. The Morgan fingerprint density at radius 2 is 2.05 bits per heavy atom. The number of nitrogens with two attached hydrogens (primary N) is 1. The molecule has 110 valence electrons. The molecule has 2 rings (SSSR count). The Hall–Kier alpha value is -1.99. The second kappa shape index (κ2) is 6.19. The van der Waals surface area contributed by atoms with Crippen LogP contribution in [0.2, 0.25) is 0 Å². The number of nitro groups is 1. The fourth-order valence-corrected chi connectivity index (χ4v) is 2.27. The molecule has 0 amide bonds. The van der Waals surface area contributed by atoms with Gasteiger partial charge in [-0.25, -0.2) is 4.39 Å². The van der Waals surface area contributed by atoms with E-state index in [9.17, 15) is 14.5 Å². The Morgan fingerprint density at radius 3 is 2.67 bits per heavy atom. The van der Waals surface area contributed by atoms with Crippen LogP contribution in [0.1, 0.15) is 18.5 Å². The van der Waals surface area contributed by atoms with Crippen LogP contribution >= 0.6 is 15.9 Å². The lowest BCUT2D eigenvalue weighted by atomic mass is 10.1. The van der Waals surface area contributed by atoms with Gasteiger partial charge in [0, 0.05) is 22.1 Å². The van der Waals surface area contributed by atoms with Crippen LogP contribution in [0.5, 0.6) is 11.5 Å². The van der Waals surface area contributed by atoms with Crippen molar-refractivity contribution in [2.45, 2.75) is 13.0 Å². The van der Waals surface area contributed by atoms with Gasteiger partial charge in [0.1, 0.15) is 17.3 Å². The van der Waals surface area contributed by atoms with Gasteiger partial charge in [0.2, 0.25) is 0 Å². The highest BCUT2D eigenvalue weighted by atomic mass is 79.9. The standard InChI is InChI=1S/C14H12BrFN2O3/c1-8(17)13-6-10(16)2-3-14(13)21-12-5-9(15)4-11(7-12)18(19)20/h2-8H,17H2,1H3. The zero-order chi connectivity index (χ0) is 15.6. The molecule has 1 unspecified atom stereocenters. The van der Waals surface area contributed by atoms with Crippen molar-refractivity contribution in [2.75, 3.05) is 0 Å². The highest BCUT2D eigenvalue weighted by molar-refractivity contribution is 9.10. The quantitative estimate of drug-likeness (QED) is 0.655. The lowest BCUT2D eigenvalue weighted by Gasteiger charge is -2.14. The predicted molar refractivity (Wildman–Crippen MR) is 79.9 cm³/mol. The van der Waals surface area contributed by atoms with Crippen molar-refractivity contribution in [3.63, 3.8) is 0 Å². The maximum absolute atomic E-state index is 13.3. The van der Waals surface area contributed by atoms with Crippen molar-refractivity contribution in [1.82, 2.24) is 0 Å². The topological polar surface area (TPSA) is 78.4 Å². The number of non-ortho nitro benzene ring substituents is 1. The molecule has 7 heteroatoms. The maximum atomic E-state index is 13.3. The van der Waals surface area contributed by atoms with Crippen molar-refractivity contribution < 1.29 is 14.1 Å². The molecule has 21 heavy (non-hydrogen) atoms. The van der Waals surface area contributed by atoms with Crippen LogP contribution in [0.4, 0.5) is 10.1 Å². The number of halogens is 2. The van der Waals surface area contributed by atoms with Gasteiger partial charge in [-0.15, -0.1) is 0 Å². The number of nitro benzene ring substituents is 1. The number of nitrogens with zero attached hydrogens (tertiary/aromatic N) is 1. The monoisotopic (exact) mass is 354 g/mol. The zero-order valence-corrected chi connectivity index (χ0v) is 12.6. The molecule has 0 radical (unpaired) electrons. The van der Waals surface area contributed by atoms with Gasteiger partial charge < -0.3 is 10.5 Å². The molecule has 2 aromatic carbocycles. The van der Waals surface area contributed by atoms with Crippen LogP contribution in [0.3, 0.4) is 0 Å². The fourth-order valence-electron chi connectivity index (χ4n) is 1.81. The van der Waals surface area contributed by atoms with Gasteiger partial charge in [0.15, 0.2) is 0 Å². The molecule has 0 heterocycles. The molecule has 2 N–H and O–H groups in total. The largest absolute Gasteiger partial charge is 0.457 e. The number of benzene rings is 2. The summed E-state index contributed by atoms with van der Waals surface area (Å²) in [5.74, 6) is 0.207. The Morgan fingerprint density at radius 1 is 1.33 bits per heavy atom. The summed E-state index contributed by atoms with van der Waals surface area (Å²) in [6.45, 7) is 1.70. The van der Waals surface area contributed by atoms with E-state index in [4.69, 9.17) is 10.5 Å². The first-order chi connectivity index (χ1) is 9.86. The minimum Gasteiger partial charge on any atom is -0.457 e. The van der Waals surface area contributed by atoms with E-state index in [2.05, 4.69) is 15.9 Å². The van der Waals surface area contributed by atoms with Crippen LogP contribution in [0, 0.1) is 15.9 Å². The lowest BCUT2D eigenvalue weighted by molar-refractivity contribution is -0.385. The average molecular weight is 355 g/mol. The van der Waals surface area contributed by atoms with E-state index in [-0.39, 0.29) is 11.4 Å². The summed E-state index contributed by atoms with van der Waals surface area (Å²) in [6, 6.07) is 7.78. The highest BCUT2D eigenvalue weighted by Gasteiger charge is 2.14. The summed E-state index contributed by atoms with van der Waals surface area (Å²) >= 11 is 3.18. The molecular formula is C14H12BrFN2O3. The molecule has 0 fully saturated rings. The second-order valence-corrected chi connectivity index (χ2v) is 5.39. The minimum absolute atomic E-state index is 0.108. The van der Waals surface area contributed by atoms with Gasteiger partial charge in [-0.05, 0) is 31.2 Å². The van der Waals surface area contributed by atoms with Gasteiger partial charge in [-0.3, -0.25) is 10.1 Å². The summed E-state index contributed by atoms with van der Waals surface area (Å²) in [6.07, 6.45) is 0. The predicted octanol–water partition coefficient (Wildman–Crippen LogP) is 4.31. The van der Waals surface area contributed by atoms with Crippen molar-refractivity contribution in [1.29, 1.82) is 0 Å². The fraction of sp³-hybridized carbons (Fsp3) is 0.143. The zero-order valence-electron chi connectivity index (χ0n) is 11.0. The summed E-state index contributed by atoms with van der Waals surface area (Å²) in [7, 11) is 0. The van der Waals surface area contributed by atoms with Gasteiger partial charge >= 0.3 is 0 Å². The third-order valence-electron chi connectivity index (χ3n) is 2.76. The molecule has 0 aliphatic carbocycles. The van der Waals surface area contributed by atoms with Crippen LogP contribution in [0.25, 0.3) is 0 Å². The maximum Gasteiger partial charge on any atom is 0.274 e. The average Bonchev–Trinajstić information content (AvgIpc) is 2.40. The van der Waals surface area contributed by atoms with E-state index in [1.165, 1.54) is 30.3 Å². The molecule has 2 aromatic rings. The Bertz CT molecular complexity index is 692. The number of ether oxygens (including phenoxy) is 1. The normalized spacial score (nSPS) is 12.0. The molecule has 0 aliphatic rings. The molecule has 0 saturated carbocycles. The number of hydrogen-bond donors (Lipinski definition) is 1. The molecule has 0 bridgehead atoms.